The van der Waals surface area contributed by atoms with Crippen LogP contribution in [0.4, 0.5) is 0 Å². The minimum absolute atomic E-state index is 0.396. The molecule has 96 valence electrons. The molecule has 0 fully saturated rings. The van der Waals surface area contributed by atoms with Gasteiger partial charge in [-0.3, -0.25) is 0 Å². The Balaban J connectivity index is 4.53. The van der Waals surface area contributed by atoms with Crippen LogP contribution in [0.2, 0.25) is 0 Å². The molecule has 0 atom stereocenters. The predicted octanol–water partition coefficient (Wildman–Crippen LogP) is 5.57. The van der Waals surface area contributed by atoms with Crippen molar-refractivity contribution in [2.75, 3.05) is 0 Å². The van der Waals surface area contributed by atoms with Gasteiger partial charge in [-0.1, -0.05) is 62.3 Å². The van der Waals surface area contributed by atoms with E-state index >= 15 is 0 Å². The molecule has 0 aromatic carbocycles. The summed E-state index contributed by atoms with van der Waals surface area (Å²) in [5, 5.41) is 0. The van der Waals surface area contributed by atoms with Crippen LogP contribution < -0.4 is 0 Å². The van der Waals surface area contributed by atoms with Crippen molar-refractivity contribution in [3.05, 3.63) is 0 Å². The quantitative estimate of drug-likeness (QED) is 0.625. The van der Waals surface area contributed by atoms with Crippen molar-refractivity contribution in [3.8, 4) is 0 Å². The lowest BCUT2D eigenvalue weighted by atomic mass is 10.3. The third kappa shape index (κ3) is 12.1. The van der Waals surface area contributed by atoms with Gasteiger partial charge in [0.05, 0.1) is 0 Å². The van der Waals surface area contributed by atoms with E-state index in [2.05, 4.69) is 92.7 Å². The van der Waals surface area contributed by atoms with Crippen LogP contribution in [0, 0.1) is 0 Å². The van der Waals surface area contributed by atoms with Crippen LogP contribution in [0.25, 0.3) is 0 Å². The Labute approximate surface area is 117 Å². The molecule has 16 heavy (non-hydrogen) atoms. The van der Waals surface area contributed by atoms with Gasteiger partial charge in [-0.25, -0.2) is 30.4 Å². The first-order chi connectivity index (χ1) is 6.79. The van der Waals surface area contributed by atoms with Gasteiger partial charge in [0.2, 0.25) is 0 Å². The van der Waals surface area contributed by atoms with Crippen molar-refractivity contribution in [1.82, 2.24) is 0 Å². The molecule has 0 radical (unpaired) electrons. The van der Waals surface area contributed by atoms with Crippen molar-refractivity contribution >= 4 is 41.1 Å². The van der Waals surface area contributed by atoms with E-state index in [1.807, 2.05) is 0 Å². The first kappa shape index (κ1) is 17.6. The predicted molar refractivity (Wildman–Crippen MR) is 87.8 cm³/mol. The fourth-order valence-electron chi connectivity index (χ4n) is 0.938. The summed E-state index contributed by atoms with van der Waals surface area (Å²) in [5.74, 6) is 0. The standard InChI is InChI=1S/3C4H10S.Al/c3*1-4(2,3)5;/h3*5H,1-3H3;/q;;;+3/p-3. The Morgan fingerprint density at radius 3 is 0.812 bits per heavy atom. The maximum Gasteiger partial charge on any atom is 0.516 e. The van der Waals surface area contributed by atoms with E-state index in [1.54, 1.807) is 0 Å². The van der Waals surface area contributed by atoms with Gasteiger partial charge in [-0.2, -0.15) is 0 Å². The average molecular weight is 295 g/mol. The van der Waals surface area contributed by atoms with Crippen LogP contribution in [0.15, 0.2) is 0 Å². The Hall–Kier alpha value is 1.58. The molecule has 0 aliphatic carbocycles. The van der Waals surface area contributed by atoms with Crippen molar-refractivity contribution in [2.24, 2.45) is 0 Å². The van der Waals surface area contributed by atoms with Gasteiger partial charge in [-0.05, 0) is 14.2 Å². The van der Waals surface area contributed by atoms with Gasteiger partial charge < -0.3 is 0 Å². The molecule has 0 spiro atoms. The van der Waals surface area contributed by atoms with E-state index < -0.39 is 10.8 Å². The van der Waals surface area contributed by atoms with Gasteiger partial charge in [0, 0.05) is 0 Å². The monoisotopic (exact) mass is 294 g/mol. The van der Waals surface area contributed by atoms with Crippen LogP contribution in [-0.2, 0) is 0 Å². The van der Waals surface area contributed by atoms with Crippen molar-refractivity contribution < 1.29 is 0 Å². The molecule has 0 amide bonds. The number of hydrogen-bond donors (Lipinski definition) is 0. The lowest BCUT2D eigenvalue weighted by molar-refractivity contribution is 0.806. The SMILES string of the molecule is CC(C)(C)[S][Al]([S]C(C)(C)C)[S]C(C)(C)C. The van der Waals surface area contributed by atoms with Gasteiger partial charge in [0.15, 0.2) is 0 Å². The van der Waals surface area contributed by atoms with Gasteiger partial charge in [-0.15, -0.1) is 0 Å². The van der Waals surface area contributed by atoms with Gasteiger partial charge >= 0.3 is 10.8 Å². The molecular weight excluding hydrogens is 267 g/mol. The maximum atomic E-state index is 2.34. The molecule has 0 aromatic rings. The van der Waals surface area contributed by atoms with E-state index in [0.717, 1.165) is 0 Å². The lowest BCUT2D eigenvalue weighted by Gasteiger charge is -2.31. The minimum atomic E-state index is -0.859. The summed E-state index contributed by atoms with van der Waals surface area (Å²) in [5.41, 5.74) is 0. The molecule has 0 bridgehead atoms. The molecule has 0 N–H and O–H groups in total. The first-order valence-electron chi connectivity index (χ1n) is 5.82. The zero-order chi connectivity index (χ0) is 13.2. The van der Waals surface area contributed by atoms with Crippen LogP contribution in [0.5, 0.6) is 0 Å². The number of rotatable bonds is 3. The second-order valence-corrected chi connectivity index (χ2v) is 21.0. The molecule has 0 aliphatic heterocycles. The summed E-state index contributed by atoms with van der Waals surface area (Å²) < 4.78 is 1.19. The molecule has 0 aromatic heterocycles. The third-order valence-electron chi connectivity index (χ3n) is 1.35. The summed E-state index contributed by atoms with van der Waals surface area (Å²) in [7, 11) is 5.80. The molecule has 0 rings (SSSR count). The van der Waals surface area contributed by atoms with Crippen LogP contribution in [0.1, 0.15) is 62.3 Å². The molecule has 0 nitrogen and oxygen atoms in total. The van der Waals surface area contributed by atoms with Crippen LogP contribution >= 0.6 is 30.4 Å². The summed E-state index contributed by atoms with van der Waals surface area (Å²) >= 11 is 0. The highest BCUT2D eigenvalue weighted by molar-refractivity contribution is 8.77. The Morgan fingerprint density at radius 1 is 0.500 bits per heavy atom. The summed E-state index contributed by atoms with van der Waals surface area (Å²) in [6.45, 7) is 21.0. The molecular formula is C12H27AlS3. The highest BCUT2D eigenvalue weighted by atomic mass is 32.6. The lowest BCUT2D eigenvalue weighted by Crippen LogP contribution is -2.24. The van der Waals surface area contributed by atoms with Gasteiger partial charge in [0.1, 0.15) is 0 Å². The maximum absolute atomic E-state index is 2.34. The van der Waals surface area contributed by atoms with E-state index in [0.29, 0.717) is 14.2 Å². The van der Waals surface area contributed by atoms with Crippen LogP contribution in [-0.4, -0.2) is 25.0 Å². The fraction of sp³-hybridized carbons (Fsp3) is 1.00. The number of hydrogen-bond acceptors (Lipinski definition) is 3. The molecule has 0 aliphatic rings. The first-order valence-corrected chi connectivity index (χ1v) is 12.7. The average Bonchev–Trinajstić information content (AvgIpc) is 1.70. The Bertz CT molecular complexity index is 170. The molecule has 0 unspecified atom stereocenters. The van der Waals surface area contributed by atoms with Crippen molar-refractivity contribution in [2.45, 2.75) is 76.6 Å². The van der Waals surface area contributed by atoms with Crippen molar-refractivity contribution in [1.29, 1.82) is 0 Å². The largest absolute Gasteiger partial charge is 0.516 e. The van der Waals surface area contributed by atoms with Crippen molar-refractivity contribution in [3.63, 3.8) is 0 Å². The van der Waals surface area contributed by atoms with E-state index in [1.165, 1.54) is 0 Å². The van der Waals surface area contributed by atoms with Gasteiger partial charge in [0.25, 0.3) is 0 Å². The zero-order valence-corrected chi connectivity index (χ0v) is 15.9. The molecule has 4 heteroatoms. The highest BCUT2D eigenvalue weighted by Crippen LogP contribution is 2.46. The summed E-state index contributed by atoms with van der Waals surface area (Å²) in [6, 6.07) is 0. The Kier molecular flexibility index (Phi) is 6.76. The fourth-order valence-corrected chi connectivity index (χ4v) is 25.3. The molecule has 0 heterocycles. The molecule has 0 saturated heterocycles. The smallest absolute Gasteiger partial charge is 0.224 e. The molecule has 0 saturated carbocycles. The summed E-state index contributed by atoms with van der Waals surface area (Å²) in [4.78, 5) is 0. The third-order valence-corrected chi connectivity index (χ3v) is 17.3. The topological polar surface area (TPSA) is 0 Å². The second-order valence-electron chi connectivity index (χ2n) is 6.98. The normalized spacial score (nSPS) is 14.1. The highest BCUT2D eigenvalue weighted by Gasteiger charge is 2.35. The van der Waals surface area contributed by atoms with E-state index in [-0.39, 0.29) is 0 Å². The second kappa shape index (κ2) is 6.15. The zero-order valence-electron chi connectivity index (χ0n) is 12.3. The van der Waals surface area contributed by atoms with E-state index in [4.69, 9.17) is 0 Å². The minimum Gasteiger partial charge on any atom is -0.224 e. The van der Waals surface area contributed by atoms with E-state index in [9.17, 15) is 0 Å². The summed E-state index contributed by atoms with van der Waals surface area (Å²) in [6.07, 6.45) is 0. The van der Waals surface area contributed by atoms with Crippen LogP contribution in [0.3, 0.4) is 0 Å². The Morgan fingerprint density at radius 2 is 0.688 bits per heavy atom.